The maximum absolute atomic E-state index is 12.3. The molecule has 0 radical (unpaired) electrons. The van der Waals surface area contributed by atoms with E-state index < -0.39 is 0 Å². The summed E-state index contributed by atoms with van der Waals surface area (Å²) in [7, 11) is 2.07. The molecule has 0 bridgehead atoms. The number of para-hydroxylation sites is 1. The Balaban J connectivity index is 1.38. The summed E-state index contributed by atoms with van der Waals surface area (Å²) in [5.41, 5.74) is 5.54. The third kappa shape index (κ3) is 4.40. The van der Waals surface area contributed by atoms with Crippen molar-refractivity contribution < 1.29 is 9.53 Å². The molecule has 4 rings (SSSR count). The smallest absolute Gasteiger partial charge is 0.319 e. The zero-order chi connectivity index (χ0) is 18.6. The maximum Gasteiger partial charge on any atom is 0.319 e. The number of benzene rings is 2. The Kier molecular flexibility index (Phi) is 5.27. The van der Waals surface area contributed by atoms with Gasteiger partial charge >= 0.3 is 6.03 Å². The molecular weight excluding hydrogens is 340 g/mol. The van der Waals surface area contributed by atoms with Gasteiger partial charge in [0.1, 0.15) is 0 Å². The van der Waals surface area contributed by atoms with Crippen LogP contribution in [0.15, 0.2) is 42.5 Å². The summed E-state index contributed by atoms with van der Waals surface area (Å²) < 4.78 is 5.68. The molecule has 142 valence electrons. The molecule has 0 spiro atoms. The van der Waals surface area contributed by atoms with Crippen LogP contribution in [0.2, 0.25) is 0 Å². The molecule has 3 N–H and O–H groups in total. The molecule has 2 aromatic carbocycles. The molecule has 6 heteroatoms. The first-order valence-electron chi connectivity index (χ1n) is 9.50. The first-order valence-corrected chi connectivity index (χ1v) is 9.50. The molecule has 2 amide bonds. The van der Waals surface area contributed by atoms with Crippen molar-refractivity contribution in [2.45, 2.75) is 18.9 Å². The van der Waals surface area contributed by atoms with Crippen molar-refractivity contribution in [3.63, 3.8) is 0 Å². The lowest BCUT2D eigenvalue weighted by atomic mass is 10.0. The Morgan fingerprint density at radius 2 is 2.00 bits per heavy atom. The monoisotopic (exact) mass is 366 g/mol. The number of hydrogen-bond acceptors (Lipinski definition) is 4. The van der Waals surface area contributed by atoms with Crippen LogP contribution in [-0.4, -0.2) is 50.3 Å². The molecule has 0 aliphatic carbocycles. The maximum atomic E-state index is 12.3. The number of ether oxygens (including phenoxy) is 1. The second kappa shape index (κ2) is 7.98. The third-order valence-corrected chi connectivity index (χ3v) is 5.15. The van der Waals surface area contributed by atoms with Crippen molar-refractivity contribution in [2.75, 3.05) is 43.9 Å². The number of aryl methyl sites for hydroxylation is 2. The fourth-order valence-corrected chi connectivity index (χ4v) is 3.64. The summed E-state index contributed by atoms with van der Waals surface area (Å²) in [6.45, 7) is 2.99. The van der Waals surface area contributed by atoms with Crippen molar-refractivity contribution in [1.29, 1.82) is 0 Å². The van der Waals surface area contributed by atoms with Crippen LogP contribution < -0.4 is 16.0 Å². The van der Waals surface area contributed by atoms with Crippen LogP contribution in [0.1, 0.15) is 11.1 Å². The predicted octanol–water partition coefficient (Wildman–Crippen LogP) is 2.98. The molecule has 1 atom stereocenters. The van der Waals surface area contributed by atoms with Gasteiger partial charge in [-0.25, -0.2) is 4.79 Å². The van der Waals surface area contributed by atoms with E-state index in [9.17, 15) is 4.79 Å². The SMILES string of the molecule is CN1CCOC(CNC(=O)Nc2ccc3c(c2)Nc2ccccc2CC3)C1. The third-order valence-electron chi connectivity index (χ3n) is 5.15. The van der Waals surface area contributed by atoms with Gasteiger partial charge in [0.15, 0.2) is 0 Å². The summed E-state index contributed by atoms with van der Waals surface area (Å²) in [4.78, 5) is 14.5. The van der Waals surface area contributed by atoms with Crippen LogP contribution in [0.3, 0.4) is 0 Å². The van der Waals surface area contributed by atoms with Gasteiger partial charge in [-0.3, -0.25) is 0 Å². The first-order chi connectivity index (χ1) is 13.2. The minimum atomic E-state index is -0.208. The standard InChI is InChI=1S/C21H26N4O2/c1-25-10-11-27-18(14-25)13-22-21(26)23-17-9-8-16-7-6-15-4-2-3-5-19(15)24-20(16)12-17/h2-5,8-9,12,18,24H,6-7,10-11,13-14H2,1H3,(H2,22,23,26). The molecule has 2 aliphatic rings. The van der Waals surface area contributed by atoms with Crippen molar-refractivity contribution in [3.8, 4) is 0 Å². The summed E-state index contributed by atoms with van der Waals surface area (Å²) >= 11 is 0. The fraction of sp³-hybridized carbons (Fsp3) is 0.381. The molecular formula is C21H26N4O2. The molecule has 6 nitrogen and oxygen atoms in total. The highest BCUT2D eigenvalue weighted by Crippen LogP contribution is 2.31. The predicted molar refractivity (Wildman–Crippen MR) is 108 cm³/mol. The van der Waals surface area contributed by atoms with E-state index in [-0.39, 0.29) is 12.1 Å². The van der Waals surface area contributed by atoms with Crippen molar-refractivity contribution in [2.24, 2.45) is 0 Å². The number of urea groups is 1. The Morgan fingerprint density at radius 1 is 1.19 bits per heavy atom. The minimum absolute atomic E-state index is 0.0414. The van der Waals surface area contributed by atoms with Crippen LogP contribution in [-0.2, 0) is 17.6 Å². The Bertz CT molecular complexity index is 824. The summed E-state index contributed by atoms with van der Waals surface area (Å²) in [6.07, 6.45) is 2.04. The van der Waals surface area contributed by atoms with Crippen LogP contribution in [0, 0.1) is 0 Å². The zero-order valence-electron chi connectivity index (χ0n) is 15.6. The summed E-state index contributed by atoms with van der Waals surface area (Å²) in [5.74, 6) is 0. The van der Waals surface area contributed by atoms with E-state index in [0.29, 0.717) is 13.2 Å². The molecule has 0 saturated carbocycles. The zero-order valence-corrected chi connectivity index (χ0v) is 15.6. The van der Waals surface area contributed by atoms with Gasteiger partial charge in [-0.15, -0.1) is 0 Å². The number of rotatable bonds is 3. The average molecular weight is 366 g/mol. The topological polar surface area (TPSA) is 65.6 Å². The van der Waals surface area contributed by atoms with Crippen LogP contribution >= 0.6 is 0 Å². The van der Waals surface area contributed by atoms with E-state index in [2.05, 4.69) is 52.2 Å². The Labute approximate surface area is 159 Å². The van der Waals surface area contributed by atoms with E-state index in [1.807, 2.05) is 18.2 Å². The number of nitrogens with one attached hydrogen (secondary N) is 3. The number of anilines is 3. The van der Waals surface area contributed by atoms with Crippen molar-refractivity contribution in [1.82, 2.24) is 10.2 Å². The number of nitrogens with zero attached hydrogens (tertiary/aromatic N) is 1. The molecule has 2 aromatic rings. The number of morpholine rings is 1. The molecule has 1 fully saturated rings. The van der Waals surface area contributed by atoms with E-state index >= 15 is 0 Å². The van der Waals surface area contributed by atoms with Crippen LogP contribution in [0.4, 0.5) is 21.9 Å². The van der Waals surface area contributed by atoms with Gasteiger partial charge in [0.25, 0.3) is 0 Å². The quantitative estimate of drug-likeness (QED) is 0.781. The highest BCUT2D eigenvalue weighted by molar-refractivity contribution is 5.90. The van der Waals surface area contributed by atoms with Crippen LogP contribution in [0.25, 0.3) is 0 Å². The number of likely N-dealkylation sites (N-methyl/N-ethyl adjacent to an activating group) is 1. The van der Waals surface area contributed by atoms with E-state index in [0.717, 1.165) is 43.0 Å². The molecule has 1 saturated heterocycles. The number of fused-ring (bicyclic) bond motifs is 2. The molecule has 2 heterocycles. The summed E-state index contributed by atoms with van der Waals surface area (Å²) in [5, 5.41) is 9.34. The van der Waals surface area contributed by atoms with E-state index in [4.69, 9.17) is 4.74 Å². The van der Waals surface area contributed by atoms with Crippen LogP contribution in [0.5, 0.6) is 0 Å². The minimum Gasteiger partial charge on any atom is -0.374 e. The lowest BCUT2D eigenvalue weighted by molar-refractivity contribution is -0.0166. The molecule has 0 aromatic heterocycles. The Hall–Kier alpha value is -2.57. The lowest BCUT2D eigenvalue weighted by Crippen LogP contribution is -2.46. The van der Waals surface area contributed by atoms with Gasteiger partial charge in [0.05, 0.1) is 12.7 Å². The Morgan fingerprint density at radius 3 is 2.85 bits per heavy atom. The first kappa shape index (κ1) is 17.8. The second-order valence-electron chi connectivity index (χ2n) is 7.24. The molecule has 27 heavy (non-hydrogen) atoms. The van der Waals surface area contributed by atoms with Gasteiger partial charge in [0.2, 0.25) is 0 Å². The average Bonchev–Trinajstić information content (AvgIpc) is 2.85. The number of carbonyl (C=O) groups is 1. The number of amides is 2. The van der Waals surface area contributed by atoms with Crippen molar-refractivity contribution >= 4 is 23.1 Å². The lowest BCUT2D eigenvalue weighted by Gasteiger charge is -2.30. The summed E-state index contributed by atoms with van der Waals surface area (Å²) in [6, 6.07) is 14.2. The molecule has 2 aliphatic heterocycles. The van der Waals surface area contributed by atoms with Gasteiger partial charge in [-0.2, -0.15) is 0 Å². The highest BCUT2D eigenvalue weighted by Gasteiger charge is 2.18. The highest BCUT2D eigenvalue weighted by atomic mass is 16.5. The van der Waals surface area contributed by atoms with Gasteiger partial charge in [-0.05, 0) is 49.2 Å². The van der Waals surface area contributed by atoms with Gasteiger partial charge in [-0.1, -0.05) is 24.3 Å². The van der Waals surface area contributed by atoms with Gasteiger partial charge < -0.3 is 25.6 Å². The molecule has 1 unspecified atom stereocenters. The van der Waals surface area contributed by atoms with Crippen molar-refractivity contribution in [3.05, 3.63) is 53.6 Å². The largest absolute Gasteiger partial charge is 0.374 e. The number of carbonyl (C=O) groups excluding carboxylic acids is 1. The van der Waals surface area contributed by atoms with E-state index in [1.165, 1.54) is 11.1 Å². The second-order valence-corrected chi connectivity index (χ2v) is 7.24. The van der Waals surface area contributed by atoms with E-state index in [1.54, 1.807) is 0 Å². The number of hydrogen-bond donors (Lipinski definition) is 3. The van der Waals surface area contributed by atoms with Gasteiger partial charge in [0, 0.05) is 36.7 Å². The fourth-order valence-electron chi connectivity index (χ4n) is 3.64. The normalized spacial score (nSPS) is 19.2.